The quantitative estimate of drug-likeness (QED) is 0.729. The normalized spacial score (nSPS) is 21.4. The first-order chi connectivity index (χ1) is 9.61. The second-order valence-corrected chi connectivity index (χ2v) is 6.47. The Hall–Kier alpha value is -0.890. The molecule has 0 aromatic heterocycles. The lowest BCUT2D eigenvalue weighted by atomic mass is 9.76. The molecule has 2 aromatic carbocycles. The lowest BCUT2D eigenvalue weighted by Gasteiger charge is -2.37. The largest absolute Gasteiger partial charge is 0.381 e. The fourth-order valence-corrected chi connectivity index (χ4v) is 3.26. The van der Waals surface area contributed by atoms with Crippen molar-refractivity contribution >= 4 is 40.5 Å². The number of anilines is 1. The Balaban J connectivity index is 1.61. The number of halogens is 3. The summed E-state index contributed by atoms with van der Waals surface area (Å²) in [5.41, 5.74) is 2.27. The van der Waals surface area contributed by atoms with Crippen molar-refractivity contribution in [3.05, 3.63) is 63.1 Å². The lowest BCUT2D eigenvalue weighted by Crippen LogP contribution is -2.34. The summed E-state index contributed by atoms with van der Waals surface area (Å²) in [6, 6.07) is 14.1. The summed E-state index contributed by atoms with van der Waals surface area (Å²) in [7, 11) is 0. The minimum atomic E-state index is 0.456. The number of hydrogen-bond acceptors (Lipinski definition) is 1. The zero-order valence-electron chi connectivity index (χ0n) is 10.7. The van der Waals surface area contributed by atoms with Crippen LogP contribution in [0.5, 0.6) is 0 Å². The zero-order chi connectivity index (χ0) is 14.1. The molecule has 1 aliphatic carbocycles. The fraction of sp³-hybridized carbons (Fsp3) is 0.250. The Morgan fingerprint density at radius 2 is 1.65 bits per heavy atom. The molecule has 0 bridgehead atoms. The van der Waals surface area contributed by atoms with Crippen LogP contribution >= 0.6 is 34.8 Å². The maximum atomic E-state index is 6.16. The van der Waals surface area contributed by atoms with Crippen molar-refractivity contribution in [1.29, 1.82) is 0 Å². The number of benzene rings is 2. The van der Waals surface area contributed by atoms with Gasteiger partial charge in [-0.25, -0.2) is 0 Å². The minimum absolute atomic E-state index is 0.456. The third-order valence-electron chi connectivity index (χ3n) is 3.75. The van der Waals surface area contributed by atoms with E-state index in [1.165, 1.54) is 5.56 Å². The van der Waals surface area contributed by atoms with E-state index in [2.05, 4.69) is 17.4 Å². The van der Waals surface area contributed by atoms with Gasteiger partial charge in [-0.15, -0.1) is 0 Å². The molecule has 0 radical (unpaired) electrons. The maximum Gasteiger partial charge on any atom is 0.0652 e. The SMILES string of the molecule is Clc1cccc(C2CC(Nc3ccc(Cl)cc3Cl)C2)c1. The molecule has 2 aromatic rings. The first-order valence-electron chi connectivity index (χ1n) is 6.59. The summed E-state index contributed by atoms with van der Waals surface area (Å²) < 4.78 is 0. The maximum absolute atomic E-state index is 6.16. The van der Waals surface area contributed by atoms with Gasteiger partial charge in [-0.3, -0.25) is 0 Å². The van der Waals surface area contributed by atoms with Crippen LogP contribution in [0.15, 0.2) is 42.5 Å². The van der Waals surface area contributed by atoms with E-state index in [0.717, 1.165) is 23.6 Å². The average Bonchev–Trinajstić information content (AvgIpc) is 2.35. The van der Waals surface area contributed by atoms with Crippen LogP contribution in [0, 0.1) is 0 Å². The topological polar surface area (TPSA) is 12.0 Å². The van der Waals surface area contributed by atoms with Crippen molar-refractivity contribution in [3.63, 3.8) is 0 Å². The Kier molecular flexibility index (Phi) is 4.11. The second kappa shape index (κ2) is 5.85. The molecule has 3 rings (SSSR count). The summed E-state index contributed by atoms with van der Waals surface area (Å²) in [5.74, 6) is 0.581. The van der Waals surface area contributed by atoms with Crippen molar-refractivity contribution in [2.45, 2.75) is 24.8 Å². The van der Waals surface area contributed by atoms with Gasteiger partial charge >= 0.3 is 0 Å². The van der Waals surface area contributed by atoms with Crippen molar-refractivity contribution < 1.29 is 0 Å². The van der Waals surface area contributed by atoms with Crippen LogP contribution in [0.1, 0.15) is 24.3 Å². The van der Waals surface area contributed by atoms with Crippen molar-refractivity contribution in [3.8, 4) is 0 Å². The van der Waals surface area contributed by atoms with Gasteiger partial charge in [0, 0.05) is 16.1 Å². The van der Waals surface area contributed by atoms with E-state index in [4.69, 9.17) is 34.8 Å². The second-order valence-electron chi connectivity index (χ2n) is 5.19. The molecule has 104 valence electrons. The number of rotatable bonds is 3. The predicted octanol–water partition coefficient (Wildman–Crippen LogP) is 6.00. The van der Waals surface area contributed by atoms with E-state index < -0.39 is 0 Å². The molecule has 1 fully saturated rings. The van der Waals surface area contributed by atoms with Gasteiger partial charge in [0.05, 0.1) is 10.7 Å². The average molecular weight is 327 g/mol. The highest BCUT2D eigenvalue weighted by Gasteiger charge is 2.30. The first kappa shape index (κ1) is 14.1. The molecule has 4 heteroatoms. The highest BCUT2D eigenvalue weighted by atomic mass is 35.5. The summed E-state index contributed by atoms with van der Waals surface area (Å²) >= 11 is 18.1. The highest BCUT2D eigenvalue weighted by Crippen LogP contribution is 2.40. The molecule has 0 amide bonds. The molecule has 1 nitrogen and oxygen atoms in total. The van der Waals surface area contributed by atoms with Gasteiger partial charge in [0.2, 0.25) is 0 Å². The molecule has 1 aliphatic rings. The van der Waals surface area contributed by atoms with Gasteiger partial charge in [-0.05, 0) is 54.7 Å². The number of nitrogens with one attached hydrogen (secondary N) is 1. The minimum Gasteiger partial charge on any atom is -0.381 e. The molecule has 0 aliphatic heterocycles. The van der Waals surface area contributed by atoms with Crippen molar-refractivity contribution in [2.75, 3.05) is 5.32 Å². The predicted molar refractivity (Wildman–Crippen MR) is 87.3 cm³/mol. The summed E-state index contributed by atoms with van der Waals surface area (Å²) in [4.78, 5) is 0. The third-order valence-corrected chi connectivity index (χ3v) is 4.53. The smallest absolute Gasteiger partial charge is 0.0652 e. The van der Waals surface area contributed by atoms with Crippen molar-refractivity contribution in [1.82, 2.24) is 0 Å². The molecular formula is C16H14Cl3N. The Morgan fingerprint density at radius 3 is 2.35 bits per heavy atom. The van der Waals surface area contributed by atoms with E-state index >= 15 is 0 Å². The van der Waals surface area contributed by atoms with Crippen LogP contribution in [0.4, 0.5) is 5.69 Å². The molecule has 0 spiro atoms. The summed E-state index contributed by atoms with van der Waals surface area (Å²) in [6.45, 7) is 0. The summed E-state index contributed by atoms with van der Waals surface area (Å²) in [5, 5.41) is 5.60. The van der Waals surface area contributed by atoms with Crippen LogP contribution in [0.3, 0.4) is 0 Å². The first-order valence-corrected chi connectivity index (χ1v) is 7.72. The van der Waals surface area contributed by atoms with E-state index in [9.17, 15) is 0 Å². The van der Waals surface area contributed by atoms with Gasteiger partial charge in [0.1, 0.15) is 0 Å². The van der Waals surface area contributed by atoms with Gasteiger partial charge in [-0.2, -0.15) is 0 Å². The lowest BCUT2D eigenvalue weighted by molar-refractivity contribution is 0.374. The van der Waals surface area contributed by atoms with Crippen LogP contribution in [-0.4, -0.2) is 6.04 Å². The zero-order valence-corrected chi connectivity index (χ0v) is 13.0. The van der Waals surface area contributed by atoms with Crippen LogP contribution < -0.4 is 5.32 Å². The highest BCUT2D eigenvalue weighted by molar-refractivity contribution is 6.36. The van der Waals surface area contributed by atoms with Crippen LogP contribution in [-0.2, 0) is 0 Å². The van der Waals surface area contributed by atoms with Gasteiger partial charge in [0.25, 0.3) is 0 Å². The van der Waals surface area contributed by atoms with Gasteiger partial charge in [-0.1, -0.05) is 46.9 Å². The van der Waals surface area contributed by atoms with Gasteiger partial charge in [0.15, 0.2) is 0 Å². The van der Waals surface area contributed by atoms with Crippen LogP contribution in [0.25, 0.3) is 0 Å². The summed E-state index contributed by atoms with van der Waals surface area (Å²) in [6.07, 6.45) is 2.19. The van der Waals surface area contributed by atoms with E-state index in [1.807, 2.05) is 24.3 Å². The van der Waals surface area contributed by atoms with Crippen LogP contribution in [0.2, 0.25) is 15.1 Å². The van der Waals surface area contributed by atoms with E-state index in [1.54, 1.807) is 6.07 Å². The fourth-order valence-electron chi connectivity index (χ4n) is 2.59. The van der Waals surface area contributed by atoms with E-state index in [-0.39, 0.29) is 0 Å². The molecule has 0 heterocycles. The Bertz CT molecular complexity index is 621. The van der Waals surface area contributed by atoms with Crippen molar-refractivity contribution in [2.24, 2.45) is 0 Å². The van der Waals surface area contributed by atoms with E-state index in [0.29, 0.717) is 22.0 Å². The molecule has 0 saturated heterocycles. The Morgan fingerprint density at radius 1 is 0.900 bits per heavy atom. The molecule has 1 N–H and O–H groups in total. The number of hydrogen-bond donors (Lipinski definition) is 1. The monoisotopic (exact) mass is 325 g/mol. The molecule has 0 unspecified atom stereocenters. The molecule has 1 saturated carbocycles. The molecule has 0 atom stereocenters. The molecular weight excluding hydrogens is 313 g/mol. The Labute approximate surface area is 133 Å². The molecule has 20 heavy (non-hydrogen) atoms. The van der Waals surface area contributed by atoms with Gasteiger partial charge < -0.3 is 5.32 Å². The third kappa shape index (κ3) is 3.06. The standard InChI is InChI=1S/C16H14Cl3N/c17-12-3-1-2-10(6-12)11-7-14(8-11)20-16-5-4-13(18)9-15(16)19/h1-6,9,11,14,20H,7-8H2.